The topological polar surface area (TPSA) is 16.4 Å². The van der Waals surface area contributed by atoms with E-state index in [9.17, 15) is 0 Å². The summed E-state index contributed by atoms with van der Waals surface area (Å²) in [5.74, 6) is 0. The number of benzene rings is 9. The van der Waals surface area contributed by atoms with Gasteiger partial charge in [-0.3, -0.25) is 0 Å². The summed E-state index contributed by atoms with van der Waals surface area (Å²) in [6.07, 6.45) is 0. The number of furan rings is 1. The summed E-state index contributed by atoms with van der Waals surface area (Å²) in [5, 5.41) is 7.29. The van der Waals surface area contributed by atoms with Crippen molar-refractivity contribution in [2.24, 2.45) is 0 Å². The molecule has 2 nitrogen and oxygen atoms in total. The molecule has 10 aromatic rings. The number of rotatable bonds is 4. The second-order valence-corrected chi connectivity index (χ2v) is 16.9. The highest BCUT2D eigenvalue weighted by Gasteiger charge is 2.39. The van der Waals surface area contributed by atoms with Gasteiger partial charge in [0.1, 0.15) is 11.2 Å². The molecule has 0 bridgehead atoms. The predicted octanol–water partition coefficient (Wildman–Crippen LogP) is 15.1. The van der Waals surface area contributed by atoms with Crippen molar-refractivity contribution in [2.75, 3.05) is 4.90 Å². The molecule has 0 aliphatic heterocycles. The molecule has 0 fully saturated rings. The van der Waals surface area contributed by atoms with Crippen LogP contribution in [0.2, 0.25) is 0 Å². The first-order valence-electron chi connectivity index (χ1n) is 19.8. The maximum absolute atomic E-state index is 6.65. The molecule has 56 heavy (non-hydrogen) atoms. The molecule has 0 radical (unpaired) electrons. The Morgan fingerprint density at radius 1 is 0.393 bits per heavy atom. The molecule has 1 aromatic heterocycles. The van der Waals surface area contributed by atoms with Crippen molar-refractivity contribution in [3.05, 3.63) is 186 Å². The van der Waals surface area contributed by atoms with Gasteiger partial charge in [0.15, 0.2) is 0 Å². The van der Waals surface area contributed by atoms with Gasteiger partial charge in [-0.2, -0.15) is 0 Å². The smallest absolute Gasteiger partial charge is 0.136 e. The van der Waals surface area contributed by atoms with E-state index >= 15 is 0 Å². The molecule has 9 aromatic carbocycles. The zero-order valence-corrected chi connectivity index (χ0v) is 31.9. The van der Waals surface area contributed by atoms with Crippen molar-refractivity contribution >= 4 is 60.5 Å². The van der Waals surface area contributed by atoms with E-state index in [2.05, 4.69) is 196 Å². The highest BCUT2D eigenvalue weighted by atomic mass is 16.3. The largest absolute Gasteiger partial charge is 0.456 e. The highest BCUT2D eigenvalue weighted by molar-refractivity contribution is 6.33. The SMILES string of the molecule is CC1(C)c2ccccc2-c2ccc(N(c3ccc4c(c3)c3cccc5oc6cc(-c7ccccc7)cc4c6c53)c3cccc4c3-c3ccccc3C4(C)C)cc21. The molecule has 266 valence electrons. The van der Waals surface area contributed by atoms with Crippen molar-refractivity contribution in [3.8, 4) is 33.4 Å². The number of fused-ring (bicyclic) bond motifs is 9. The van der Waals surface area contributed by atoms with Gasteiger partial charge in [0.05, 0.1) is 5.69 Å². The van der Waals surface area contributed by atoms with Crippen molar-refractivity contribution in [3.63, 3.8) is 0 Å². The van der Waals surface area contributed by atoms with Crippen LogP contribution in [0.25, 0.3) is 76.9 Å². The van der Waals surface area contributed by atoms with E-state index in [0.29, 0.717) is 0 Å². The first-order chi connectivity index (χ1) is 27.3. The lowest BCUT2D eigenvalue weighted by molar-refractivity contribution is 0.660. The molecule has 12 rings (SSSR count). The first kappa shape index (κ1) is 31.7. The van der Waals surface area contributed by atoms with Gasteiger partial charge in [-0.05, 0) is 120 Å². The van der Waals surface area contributed by atoms with Gasteiger partial charge in [-0.15, -0.1) is 0 Å². The zero-order chi connectivity index (χ0) is 37.5. The molecule has 0 saturated carbocycles. The van der Waals surface area contributed by atoms with Crippen molar-refractivity contribution in [2.45, 2.75) is 38.5 Å². The highest BCUT2D eigenvalue weighted by Crippen LogP contribution is 2.56. The van der Waals surface area contributed by atoms with Crippen LogP contribution in [-0.2, 0) is 10.8 Å². The molecular weight excluding hydrogens is 679 g/mol. The number of hydrogen-bond acceptors (Lipinski definition) is 2. The van der Waals surface area contributed by atoms with E-state index in [1.807, 2.05) is 0 Å². The fourth-order valence-corrected chi connectivity index (χ4v) is 10.5. The lowest BCUT2D eigenvalue weighted by atomic mass is 9.82. The fraction of sp³-hybridized carbons (Fsp3) is 0.111. The Bertz CT molecular complexity index is 3250. The minimum Gasteiger partial charge on any atom is -0.456 e. The van der Waals surface area contributed by atoms with E-state index in [4.69, 9.17) is 4.42 Å². The van der Waals surface area contributed by atoms with Crippen LogP contribution in [0.5, 0.6) is 0 Å². The van der Waals surface area contributed by atoms with Crippen molar-refractivity contribution < 1.29 is 4.42 Å². The van der Waals surface area contributed by atoms with E-state index in [-0.39, 0.29) is 10.8 Å². The third-order valence-corrected chi connectivity index (χ3v) is 13.2. The summed E-state index contributed by atoms with van der Waals surface area (Å²) in [5.41, 5.74) is 18.2. The lowest BCUT2D eigenvalue weighted by Gasteiger charge is -2.30. The van der Waals surface area contributed by atoms with Gasteiger partial charge >= 0.3 is 0 Å². The van der Waals surface area contributed by atoms with Crippen LogP contribution in [0, 0.1) is 0 Å². The van der Waals surface area contributed by atoms with Gasteiger partial charge in [0.2, 0.25) is 0 Å². The molecular formula is C54H39NO. The van der Waals surface area contributed by atoms with Gasteiger partial charge in [-0.25, -0.2) is 0 Å². The Hall–Kier alpha value is -6.64. The van der Waals surface area contributed by atoms with Crippen LogP contribution in [0.4, 0.5) is 17.1 Å². The van der Waals surface area contributed by atoms with Crippen LogP contribution in [-0.4, -0.2) is 0 Å². The summed E-state index contributed by atoms with van der Waals surface area (Å²) in [6.45, 7) is 9.48. The van der Waals surface area contributed by atoms with Gasteiger partial charge in [0.25, 0.3) is 0 Å². The molecule has 1 heterocycles. The minimum absolute atomic E-state index is 0.118. The Morgan fingerprint density at radius 2 is 1.04 bits per heavy atom. The summed E-state index contributed by atoms with van der Waals surface area (Å²) >= 11 is 0. The normalized spacial score (nSPS) is 14.7. The molecule has 0 saturated heterocycles. The molecule has 2 aliphatic rings. The standard InChI is InChI=1S/C54H39NO/c1-53(2)44-20-11-9-17-40(44)50-45(53)21-13-22-47(50)55(35-25-27-38-37-16-8-10-19-43(37)54(3,4)46(38)31-35)34-24-26-36-41(30-34)39-18-12-23-48-51(39)52-42(36)28-33(29-49(52)56-48)32-14-6-5-7-15-32/h5-31H,1-4H3. The van der Waals surface area contributed by atoms with Crippen LogP contribution < -0.4 is 4.90 Å². The Balaban J connectivity index is 1.15. The maximum atomic E-state index is 6.65. The third-order valence-electron chi connectivity index (χ3n) is 13.2. The fourth-order valence-electron chi connectivity index (χ4n) is 10.5. The summed E-state index contributed by atoms with van der Waals surface area (Å²) < 4.78 is 6.65. The minimum atomic E-state index is -0.126. The molecule has 0 unspecified atom stereocenters. The average molecular weight is 718 g/mol. The van der Waals surface area contributed by atoms with Crippen molar-refractivity contribution in [1.82, 2.24) is 0 Å². The number of nitrogens with zero attached hydrogens (tertiary/aromatic N) is 1. The van der Waals surface area contributed by atoms with E-state index < -0.39 is 0 Å². The number of hydrogen-bond donors (Lipinski definition) is 0. The maximum Gasteiger partial charge on any atom is 0.136 e. The molecule has 0 atom stereocenters. The molecule has 0 spiro atoms. The summed E-state index contributed by atoms with van der Waals surface area (Å²) in [7, 11) is 0. The van der Waals surface area contributed by atoms with Crippen LogP contribution >= 0.6 is 0 Å². The van der Waals surface area contributed by atoms with Gasteiger partial charge in [0, 0.05) is 38.5 Å². The third kappa shape index (κ3) is 4.11. The number of anilines is 3. The van der Waals surface area contributed by atoms with Gasteiger partial charge in [-0.1, -0.05) is 143 Å². The second kappa shape index (κ2) is 11.0. The molecule has 2 aliphatic carbocycles. The van der Waals surface area contributed by atoms with E-state index in [1.165, 1.54) is 88.1 Å². The van der Waals surface area contributed by atoms with Crippen LogP contribution in [0.1, 0.15) is 49.9 Å². The molecule has 0 N–H and O–H groups in total. The molecule has 0 amide bonds. The van der Waals surface area contributed by atoms with Crippen LogP contribution in [0.15, 0.2) is 168 Å². The lowest BCUT2D eigenvalue weighted by Crippen LogP contribution is -2.17. The average Bonchev–Trinajstić information content (AvgIpc) is 3.81. The monoisotopic (exact) mass is 717 g/mol. The Labute approximate surface area is 326 Å². The summed E-state index contributed by atoms with van der Waals surface area (Å²) in [6, 6.07) is 60.8. The van der Waals surface area contributed by atoms with Crippen LogP contribution in [0.3, 0.4) is 0 Å². The van der Waals surface area contributed by atoms with Crippen molar-refractivity contribution in [1.29, 1.82) is 0 Å². The molecule has 2 heteroatoms. The first-order valence-corrected chi connectivity index (χ1v) is 19.8. The Kier molecular flexibility index (Phi) is 6.22. The predicted molar refractivity (Wildman–Crippen MR) is 235 cm³/mol. The van der Waals surface area contributed by atoms with E-state index in [1.54, 1.807) is 0 Å². The quantitative estimate of drug-likeness (QED) is 0.169. The Morgan fingerprint density at radius 3 is 1.88 bits per heavy atom. The summed E-state index contributed by atoms with van der Waals surface area (Å²) in [4.78, 5) is 2.53. The zero-order valence-electron chi connectivity index (χ0n) is 31.9. The van der Waals surface area contributed by atoms with Gasteiger partial charge < -0.3 is 9.32 Å². The van der Waals surface area contributed by atoms with E-state index in [0.717, 1.165) is 28.1 Å². The second-order valence-electron chi connectivity index (χ2n) is 16.9.